The van der Waals surface area contributed by atoms with Crippen LogP contribution in [0.2, 0.25) is 5.02 Å². The van der Waals surface area contributed by atoms with Gasteiger partial charge < -0.3 is 10.5 Å². The maximum absolute atomic E-state index is 13.7. The first-order chi connectivity index (χ1) is 9.51. The lowest BCUT2D eigenvalue weighted by molar-refractivity contribution is 0.202. The van der Waals surface area contributed by atoms with Crippen molar-refractivity contribution in [1.82, 2.24) is 0 Å². The maximum Gasteiger partial charge on any atom is 0.200 e. The lowest BCUT2D eigenvalue weighted by Crippen LogP contribution is -2.19. The van der Waals surface area contributed by atoms with Crippen LogP contribution >= 0.6 is 27.5 Å². The fraction of sp³-hybridized carbons (Fsp3) is 0.143. The molecular formula is C14H11BrClF2NO. The van der Waals surface area contributed by atoms with E-state index in [4.69, 9.17) is 22.1 Å². The first kappa shape index (κ1) is 15.2. The van der Waals surface area contributed by atoms with E-state index in [0.717, 1.165) is 11.6 Å². The van der Waals surface area contributed by atoms with Gasteiger partial charge in [0.1, 0.15) is 6.10 Å². The van der Waals surface area contributed by atoms with E-state index in [1.54, 1.807) is 24.3 Å². The summed E-state index contributed by atoms with van der Waals surface area (Å²) in [6, 6.07) is 9.21. The van der Waals surface area contributed by atoms with Crippen LogP contribution in [-0.4, -0.2) is 6.54 Å². The van der Waals surface area contributed by atoms with Gasteiger partial charge >= 0.3 is 0 Å². The fourth-order valence-electron chi connectivity index (χ4n) is 1.70. The minimum Gasteiger partial charge on any atom is -0.481 e. The Morgan fingerprint density at radius 2 is 1.85 bits per heavy atom. The average Bonchev–Trinajstić information content (AvgIpc) is 2.42. The highest BCUT2D eigenvalue weighted by Crippen LogP contribution is 2.29. The van der Waals surface area contributed by atoms with Crippen LogP contribution in [-0.2, 0) is 0 Å². The topological polar surface area (TPSA) is 35.2 Å². The van der Waals surface area contributed by atoms with Gasteiger partial charge in [-0.25, -0.2) is 4.39 Å². The maximum atomic E-state index is 13.7. The van der Waals surface area contributed by atoms with Gasteiger partial charge in [0.25, 0.3) is 0 Å². The van der Waals surface area contributed by atoms with E-state index in [9.17, 15) is 8.78 Å². The molecule has 0 aliphatic carbocycles. The third kappa shape index (κ3) is 3.48. The number of halogens is 4. The summed E-state index contributed by atoms with van der Waals surface area (Å²) in [5.74, 6) is -2.22. The summed E-state index contributed by atoms with van der Waals surface area (Å²) < 4.78 is 32.8. The lowest BCUT2D eigenvalue weighted by atomic mass is 10.1. The Bertz CT molecular complexity index is 607. The number of rotatable bonds is 4. The Kier molecular flexibility index (Phi) is 4.96. The smallest absolute Gasteiger partial charge is 0.200 e. The standard InChI is InChI=1S/C14H11BrClF2NO/c15-9-5-11(17)14(18)12(6-9)20-13(7-19)8-1-3-10(16)4-2-8/h1-6,13H,7,19H2. The third-order valence-electron chi connectivity index (χ3n) is 2.68. The van der Waals surface area contributed by atoms with Crippen LogP contribution < -0.4 is 10.5 Å². The molecule has 0 aliphatic heterocycles. The van der Waals surface area contributed by atoms with Crippen LogP contribution in [0.3, 0.4) is 0 Å². The molecule has 6 heteroatoms. The molecule has 0 radical (unpaired) electrons. The molecule has 2 N–H and O–H groups in total. The van der Waals surface area contributed by atoms with Crippen molar-refractivity contribution in [3.8, 4) is 5.75 Å². The van der Waals surface area contributed by atoms with E-state index < -0.39 is 17.7 Å². The minimum absolute atomic E-state index is 0.120. The van der Waals surface area contributed by atoms with Crippen LogP contribution in [0.1, 0.15) is 11.7 Å². The Labute approximate surface area is 128 Å². The van der Waals surface area contributed by atoms with E-state index in [2.05, 4.69) is 15.9 Å². The predicted octanol–water partition coefficient (Wildman–Crippen LogP) is 4.46. The molecule has 0 bridgehead atoms. The predicted molar refractivity (Wildman–Crippen MR) is 77.9 cm³/mol. The molecule has 106 valence electrons. The summed E-state index contributed by atoms with van der Waals surface area (Å²) in [7, 11) is 0. The van der Waals surface area contributed by atoms with Gasteiger partial charge in [0, 0.05) is 16.0 Å². The van der Waals surface area contributed by atoms with E-state index in [1.165, 1.54) is 6.07 Å². The van der Waals surface area contributed by atoms with Gasteiger partial charge in [0.05, 0.1) is 0 Å². The van der Waals surface area contributed by atoms with E-state index in [0.29, 0.717) is 9.50 Å². The van der Waals surface area contributed by atoms with Crippen LogP contribution in [0.25, 0.3) is 0 Å². The average molecular weight is 363 g/mol. The highest BCUT2D eigenvalue weighted by Gasteiger charge is 2.17. The number of hydrogen-bond acceptors (Lipinski definition) is 2. The van der Waals surface area contributed by atoms with Gasteiger partial charge in [0.2, 0.25) is 5.82 Å². The van der Waals surface area contributed by atoms with Gasteiger partial charge in [-0.3, -0.25) is 0 Å². The molecular weight excluding hydrogens is 352 g/mol. The highest BCUT2D eigenvalue weighted by molar-refractivity contribution is 9.10. The molecule has 0 aromatic heterocycles. The molecule has 0 fully saturated rings. The van der Waals surface area contributed by atoms with Crippen LogP contribution in [0.5, 0.6) is 5.75 Å². The SMILES string of the molecule is NCC(Oc1cc(Br)cc(F)c1F)c1ccc(Cl)cc1. The lowest BCUT2D eigenvalue weighted by Gasteiger charge is -2.18. The number of benzene rings is 2. The normalized spacial score (nSPS) is 12.2. The fourth-order valence-corrected chi connectivity index (χ4v) is 2.24. The zero-order chi connectivity index (χ0) is 14.7. The monoisotopic (exact) mass is 361 g/mol. The Morgan fingerprint density at radius 3 is 2.45 bits per heavy atom. The van der Waals surface area contributed by atoms with Crippen molar-refractivity contribution in [3.05, 3.63) is 63.1 Å². The van der Waals surface area contributed by atoms with E-state index in [1.807, 2.05) is 0 Å². The van der Waals surface area contributed by atoms with Crippen molar-refractivity contribution < 1.29 is 13.5 Å². The second kappa shape index (κ2) is 6.52. The van der Waals surface area contributed by atoms with Crippen molar-refractivity contribution in [3.63, 3.8) is 0 Å². The molecule has 0 amide bonds. The van der Waals surface area contributed by atoms with E-state index >= 15 is 0 Å². The van der Waals surface area contributed by atoms with Crippen molar-refractivity contribution in [2.24, 2.45) is 5.73 Å². The van der Waals surface area contributed by atoms with Gasteiger partial charge in [-0.05, 0) is 29.8 Å². The Hall–Kier alpha value is -1.17. The zero-order valence-corrected chi connectivity index (χ0v) is 12.6. The number of hydrogen-bond donors (Lipinski definition) is 1. The molecule has 0 aliphatic rings. The first-order valence-corrected chi connectivity index (χ1v) is 6.95. The molecule has 2 nitrogen and oxygen atoms in total. The molecule has 0 saturated carbocycles. The van der Waals surface area contributed by atoms with Crippen LogP contribution in [0.4, 0.5) is 8.78 Å². The first-order valence-electron chi connectivity index (χ1n) is 5.78. The Balaban J connectivity index is 2.29. The molecule has 1 unspecified atom stereocenters. The molecule has 2 aromatic carbocycles. The molecule has 0 heterocycles. The van der Waals surface area contributed by atoms with Gasteiger partial charge in [-0.15, -0.1) is 0 Å². The summed E-state index contributed by atoms with van der Waals surface area (Å²) in [6.07, 6.45) is -0.588. The molecule has 20 heavy (non-hydrogen) atoms. The largest absolute Gasteiger partial charge is 0.481 e. The number of ether oxygens (including phenoxy) is 1. The molecule has 2 rings (SSSR count). The number of nitrogens with two attached hydrogens (primary N) is 1. The van der Waals surface area contributed by atoms with Crippen molar-refractivity contribution in [2.75, 3.05) is 6.54 Å². The second-order valence-electron chi connectivity index (χ2n) is 4.09. The molecule has 2 aromatic rings. The van der Waals surface area contributed by atoms with Crippen molar-refractivity contribution in [2.45, 2.75) is 6.10 Å². The quantitative estimate of drug-likeness (QED) is 0.815. The zero-order valence-electron chi connectivity index (χ0n) is 10.2. The summed E-state index contributed by atoms with van der Waals surface area (Å²) in [5.41, 5.74) is 6.36. The molecule has 1 atom stereocenters. The third-order valence-corrected chi connectivity index (χ3v) is 3.39. The summed E-state index contributed by atoms with van der Waals surface area (Å²) in [4.78, 5) is 0. The highest BCUT2D eigenvalue weighted by atomic mass is 79.9. The van der Waals surface area contributed by atoms with Crippen LogP contribution in [0, 0.1) is 11.6 Å². The van der Waals surface area contributed by atoms with Crippen molar-refractivity contribution >= 4 is 27.5 Å². The van der Waals surface area contributed by atoms with Gasteiger partial charge in [-0.2, -0.15) is 4.39 Å². The summed E-state index contributed by atoms with van der Waals surface area (Å²) in [5, 5.41) is 0.573. The minimum atomic E-state index is -1.04. The van der Waals surface area contributed by atoms with E-state index in [-0.39, 0.29) is 12.3 Å². The summed E-state index contributed by atoms with van der Waals surface area (Å²) in [6.45, 7) is 0.120. The molecule has 0 saturated heterocycles. The summed E-state index contributed by atoms with van der Waals surface area (Å²) >= 11 is 8.89. The van der Waals surface area contributed by atoms with Gasteiger partial charge in [-0.1, -0.05) is 39.7 Å². The Morgan fingerprint density at radius 1 is 1.20 bits per heavy atom. The van der Waals surface area contributed by atoms with Crippen molar-refractivity contribution in [1.29, 1.82) is 0 Å². The second-order valence-corrected chi connectivity index (χ2v) is 5.45. The molecule has 0 spiro atoms. The van der Waals surface area contributed by atoms with Crippen LogP contribution in [0.15, 0.2) is 40.9 Å². The van der Waals surface area contributed by atoms with Gasteiger partial charge in [0.15, 0.2) is 11.6 Å².